The zero-order chi connectivity index (χ0) is 22.2. The van der Waals surface area contributed by atoms with Crippen LogP contribution in [0.25, 0.3) is 0 Å². The van der Waals surface area contributed by atoms with E-state index in [0.29, 0.717) is 16.7 Å². The van der Waals surface area contributed by atoms with Gasteiger partial charge in [-0.15, -0.1) is 0 Å². The molecule has 0 fully saturated rings. The molecule has 0 aliphatic carbocycles. The minimum absolute atomic E-state index is 0. The van der Waals surface area contributed by atoms with Crippen LogP contribution in [0.2, 0.25) is 0 Å². The van der Waals surface area contributed by atoms with Gasteiger partial charge in [-0.25, -0.2) is 0 Å². The first-order chi connectivity index (χ1) is 14.5. The molecule has 10 heteroatoms. The van der Waals surface area contributed by atoms with Gasteiger partial charge < -0.3 is 0 Å². The molecule has 0 unspecified atom stereocenters. The van der Waals surface area contributed by atoms with Crippen molar-refractivity contribution in [2.45, 2.75) is 0 Å². The van der Waals surface area contributed by atoms with Crippen molar-refractivity contribution in [3.05, 3.63) is 108 Å². The second-order valence-corrected chi connectivity index (χ2v) is 5.48. The largest absolute Gasteiger partial charge is 0.445 e. The minimum atomic E-state index is -0.236. The van der Waals surface area contributed by atoms with Gasteiger partial charge in [0.05, 0.1) is 0 Å². The maximum atomic E-state index is 8.88. The van der Waals surface area contributed by atoms with Crippen LogP contribution in [-0.4, -0.2) is 47.7 Å². The Morgan fingerprint density at radius 3 is 0.806 bits per heavy atom. The molecule has 0 aliphatic heterocycles. The first kappa shape index (κ1) is 27.5. The number of carbonyl (C=O) groups excluding carboxylic acids is 3. The normalized spacial score (nSPS) is 8.61. The van der Waals surface area contributed by atoms with Crippen LogP contribution >= 0.6 is 0 Å². The standard InChI is InChI=1S/3C7H7NO2.Fe/c3*9-7(8-10)6-4-2-1-3-5-6;/h3*1-5,10H,(H,8,9);/p+3. The molecule has 164 valence electrons. The third-order valence-corrected chi connectivity index (χ3v) is 3.46. The van der Waals surface area contributed by atoms with Crippen LogP contribution in [0.5, 0.6) is 0 Å². The summed E-state index contributed by atoms with van der Waals surface area (Å²) in [6.07, 6.45) is 0. The minimum Gasteiger partial charge on any atom is -0.284 e. The van der Waals surface area contributed by atoms with Gasteiger partial charge in [0.1, 0.15) is 16.7 Å². The van der Waals surface area contributed by atoms with Gasteiger partial charge in [-0.1, -0.05) is 54.6 Å². The predicted molar refractivity (Wildman–Crippen MR) is 112 cm³/mol. The molecule has 9 N–H and O–H groups in total. The SMILES string of the molecule is ONC(=[OH+])c1ccccc1.ONC(=[OH+])c1ccccc1.ONC(=[OH+])c1ccccc1.[Fe]. The Hall–Kier alpha value is -3.53. The zero-order valence-corrected chi connectivity index (χ0v) is 17.3. The molecule has 0 radical (unpaired) electrons. The summed E-state index contributed by atoms with van der Waals surface area (Å²) in [5.41, 5.74) is 6.64. The number of hydroxylamine groups is 3. The van der Waals surface area contributed by atoms with Crippen LogP contribution in [-0.2, 0) is 17.1 Å². The summed E-state index contributed by atoms with van der Waals surface area (Å²) >= 11 is 0. The van der Waals surface area contributed by atoms with E-state index in [-0.39, 0.29) is 34.8 Å². The average Bonchev–Trinajstić information content (AvgIpc) is 2.85. The Kier molecular flexibility index (Phi) is 14.4. The first-order valence-electron chi connectivity index (χ1n) is 8.57. The molecule has 0 bridgehead atoms. The van der Waals surface area contributed by atoms with Crippen molar-refractivity contribution in [3.8, 4) is 0 Å². The van der Waals surface area contributed by atoms with Crippen molar-refractivity contribution in [2.75, 3.05) is 0 Å². The van der Waals surface area contributed by atoms with Gasteiger partial charge in [-0.05, 0) is 36.4 Å². The van der Waals surface area contributed by atoms with Crippen molar-refractivity contribution < 1.29 is 47.1 Å². The van der Waals surface area contributed by atoms with Crippen molar-refractivity contribution in [3.63, 3.8) is 0 Å². The van der Waals surface area contributed by atoms with Gasteiger partial charge in [-0.3, -0.25) is 30.0 Å². The topological polar surface area (TPSA) is 161 Å². The molecule has 31 heavy (non-hydrogen) atoms. The Bertz CT molecular complexity index is 790. The third kappa shape index (κ3) is 10.7. The van der Waals surface area contributed by atoms with Crippen LogP contribution in [0.1, 0.15) is 16.7 Å². The molecule has 0 atom stereocenters. The van der Waals surface area contributed by atoms with E-state index in [9.17, 15) is 0 Å². The van der Waals surface area contributed by atoms with Crippen LogP contribution in [0.15, 0.2) is 91.0 Å². The van der Waals surface area contributed by atoms with Crippen LogP contribution in [0.3, 0.4) is 0 Å². The smallest absolute Gasteiger partial charge is 0.284 e. The van der Waals surface area contributed by atoms with Crippen molar-refractivity contribution in [1.29, 1.82) is 0 Å². The average molecular weight is 470 g/mol. The number of amides is 3. The molecular formula is C21H24FeN3O6+3. The predicted octanol–water partition coefficient (Wildman–Crippen LogP) is 1.55. The summed E-state index contributed by atoms with van der Waals surface area (Å²) in [7, 11) is 0. The summed E-state index contributed by atoms with van der Waals surface area (Å²) in [5.74, 6) is -0.707. The van der Waals surface area contributed by atoms with Crippen molar-refractivity contribution in [1.82, 2.24) is 16.4 Å². The number of rotatable bonds is 3. The number of hydrogen-bond acceptors (Lipinski definition) is 3. The van der Waals surface area contributed by atoms with E-state index in [4.69, 9.17) is 30.0 Å². The fraction of sp³-hybridized carbons (Fsp3) is 0. The molecular weight excluding hydrogens is 446 g/mol. The fourth-order valence-corrected chi connectivity index (χ4v) is 1.98. The van der Waals surface area contributed by atoms with Gasteiger partial charge in [0.2, 0.25) is 0 Å². The Morgan fingerprint density at radius 2 is 0.645 bits per heavy atom. The molecule has 3 amide bonds. The van der Waals surface area contributed by atoms with Crippen molar-refractivity contribution >= 4 is 17.7 Å². The number of nitrogens with one attached hydrogen (secondary N) is 3. The van der Waals surface area contributed by atoms with Gasteiger partial charge >= 0.3 is 17.7 Å². The molecule has 0 aliphatic rings. The zero-order valence-electron chi connectivity index (χ0n) is 16.2. The first-order valence-corrected chi connectivity index (χ1v) is 8.57. The van der Waals surface area contributed by atoms with E-state index in [1.807, 2.05) is 18.2 Å². The summed E-state index contributed by atoms with van der Waals surface area (Å²) in [6.45, 7) is 0. The molecule has 3 aromatic carbocycles. The van der Waals surface area contributed by atoms with Gasteiger partial charge in [0.25, 0.3) is 0 Å². The Labute approximate surface area is 189 Å². The van der Waals surface area contributed by atoms with Gasteiger partial charge in [-0.2, -0.15) is 16.4 Å². The van der Waals surface area contributed by atoms with E-state index in [1.54, 1.807) is 89.2 Å². The number of benzene rings is 3. The molecule has 9 nitrogen and oxygen atoms in total. The number of hydrogen-bond donors (Lipinski definition) is 6. The molecule has 0 aromatic heterocycles. The van der Waals surface area contributed by atoms with Gasteiger partial charge in [0.15, 0.2) is 0 Å². The van der Waals surface area contributed by atoms with E-state index in [0.717, 1.165) is 0 Å². The van der Waals surface area contributed by atoms with Crippen LogP contribution in [0, 0.1) is 0 Å². The maximum absolute atomic E-state index is 8.88. The maximum Gasteiger partial charge on any atom is 0.445 e. The summed E-state index contributed by atoms with van der Waals surface area (Å²) in [6, 6.07) is 26.2. The molecule has 0 heterocycles. The second-order valence-electron chi connectivity index (χ2n) is 5.48. The summed E-state index contributed by atoms with van der Waals surface area (Å²) in [5, 5.41) is 24.8. The van der Waals surface area contributed by atoms with E-state index >= 15 is 0 Å². The second kappa shape index (κ2) is 16.3. The molecule has 0 saturated heterocycles. The van der Waals surface area contributed by atoms with Gasteiger partial charge in [0, 0.05) is 17.1 Å². The van der Waals surface area contributed by atoms with Crippen molar-refractivity contribution in [2.24, 2.45) is 0 Å². The molecule has 0 saturated carbocycles. The molecule has 3 aromatic rings. The van der Waals surface area contributed by atoms with E-state index in [2.05, 4.69) is 0 Å². The van der Waals surface area contributed by atoms with Crippen LogP contribution < -0.4 is 16.4 Å². The van der Waals surface area contributed by atoms with E-state index < -0.39 is 0 Å². The molecule has 0 spiro atoms. The third-order valence-electron chi connectivity index (χ3n) is 3.46. The summed E-state index contributed by atoms with van der Waals surface area (Å²) in [4.78, 5) is 26.7. The monoisotopic (exact) mass is 470 g/mol. The molecule has 3 rings (SSSR count). The quantitative estimate of drug-likeness (QED) is 0.149. The fourth-order valence-electron chi connectivity index (χ4n) is 1.98. The Morgan fingerprint density at radius 1 is 0.452 bits per heavy atom. The van der Waals surface area contributed by atoms with E-state index in [1.165, 1.54) is 0 Å². The van der Waals surface area contributed by atoms with Crippen LogP contribution in [0.4, 0.5) is 0 Å². The Balaban J connectivity index is 0.000000429. The summed E-state index contributed by atoms with van der Waals surface area (Å²) < 4.78 is 0.